The molecule has 0 aromatic carbocycles. The van der Waals surface area contributed by atoms with Crippen LogP contribution in [0.3, 0.4) is 0 Å². The molecule has 2 heterocycles. The Kier molecular flexibility index (Phi) is 4.37. The van der Waals surface area contributed by atoms with Gasteiger partial charge in [0.25, 0.3) is 5.91 Å². The van der Waals surface area contributed by atoms with Gasteiger partial charge in [0.15, 0.2) is 0 Å². The van der Waals surface area contributed by atoms with E-state index < -0.39 is 0 Å². The first-order valence-electron chi connectivity index (χ1n) is 6.59. The van der Waals surface area contributed by atoms with Gasteiger partial charge in [-0.25, -0.2) is 4.98 Å². The third-order valence-electron chi connectivity index (χ3n) is 3.34. The van der Waals surface area contributed by atoms with Crippen LogP contribution in [0.4, 0.5) is 0 Å². The number of hydrogen-bond acceptors (Lipinski definition) is 4. The lowest BCUT2D eigenvalue weighted by Gasteiger charge is -2.28. The summed E-state index contributed by atoms with van der Waals surface area (Å²) in [4.78, 5) is 19.8. The van der Waals surface area contributed by atoms with Gasteiger partial charge in [-0.3, -0.25) is 4.79 Å². The van der Waals surface area contributed by atoms with Crippen molar-refractivity contribution in [3.05, 3.63) is 23.9 Å². The van der Waals surface area contributed by atoms with E-state index in [9.17, 15) is 4.79 Å². The lowest BCUT2D eigenvalue weighted by Crippen LogP contribution is -2.35. The Hall–Kier alpha value is -1.62. The number of rotatable bonds is 3. The fourth-order valence-electron chi connectivity index (χ4n) is 2.11. The molecular weight excluding hydrogens is 242 g/mol. The molecule has 1 amide bonds. The van der Waals surface area contributed by atoms with E-state index in [1.165, 1.54) is 4.90 Å². The van der Waals surface area contributed by atoms with Crippen molar-refractivity contribution in [1.82, 2.24) is 14.8 Å². The van der Waals surface area contributed by atoms with Crippen LogP contribution < -0.4 is 4.74 Å². The van der Waals surface area contributed by atoms with Crippen LogP contribution in [0.5, 0.6) is 5.88 Å². The van der Waals surface area contributed by atoms with Crippen molar-refractivity contribution in [3.8, 4) is 5.88 Å². The number of ether oxygens (including phenoxy) is 1. The first-order chi connectivity index (χ1) is 9.06. The lowest BCUT2D eigenvalue weighted by atomic mass is 10.1. The van der Waals surface area contributed by atoms with Crippen molar-refractivity contribution >= 4 is 5.91 Å². The van der Waals surface area contributed by atoms with Gasteiger partial charge in [0.05, 0.1) is 5.56 Å². The zero-order chi connectivity index (χ0) is 13.8. The summed E-state index contributed by atoms with van der Waals surface area (Å²) in [5, 5.41) is 0. The molecule has 0 unspecified atom stereocenters. The highest BCUT2D eigenvalue weighted by Gasteiger charge is 2.18. The standard InChI is InChI=1S/C14H21N3O2/c1-16(2)14(18)11-4-5-13(15-10-11)19-12-6-8-17(3)9-7-12/h4-5,10,12H,6-9H2,1-3H3. The number of hydrogen-bond donors (Lipinski definition) is 0. The maximum atomic E-state index is 11.7. The summed E-state index contributed by atoms with van der Waals surface area (Å²) < 4.78 is 5.84. The zero-order valence-corrected chi connectivity index (χ0v) is 11.8. The van der Waals surface area contributed by atoms with Crippen molar-refractivity contribution in [2.24, 2.45) is 0 Å². The topological polar surface area (TPSA) is 45.7 Å². The van der Waals surface area contributed by atoms with E-state index in [0.717, 1.165) is 25.9 Å². The summed E-state index contributed by atoms with van der Waals surface area (Å²) in [5.74, 6) is 0.559. The van der Waals surface area contributed by atoms with Crippen LogP contribution in [-0.2, 0) is 0 Å². The van der Waals surface area contributed by atoms with Gasteiger partial charge in [0.1, 0.15) is 6.10 Å². The number of aromatic nitrogens is 1. The Morgan fingerprint density at radius 1 is 1.37 bits per heavy atom. The predicted molar refractivity (Wildman–Crippen MR) is 73.4 cm³/mol. The fraction of sp³-hybridized carbons (Fsp3) is 0.571. The van der Waals surface area contributed by atoms with E-state index >= 15 is 0 Å². The maximum absolute atomic E-state index is 11.7. The van der Waals surface area contributed by atoms with E-state index in [2.05, 4.69) is 16.9 Å². The van der Waals surface area contributed by atoms with Crippen molar-refractivity contribution in [2.45, 2.75) is 18.9 Å². The van der Waals surface area contributed by atoms with Crippen LogP contribution in [0, 0.1) is 0 Å². The smallest absolute Gasteiger partial charge is 0.254 e. The van der Waals surface area contributed by atoms with Gasteiger partial charge in [-0.1, -0.05) is 0 Å². The summed E-state index contributed by atoms with van der Waals surface area (Å²) in [6.07, 6.45) is 3.86. The van der Waals surface area contributed by atoms with Gasteiger partial charge < -0.3 is 14.5 Å². The Balaban J connectivity index is 1.93. The van der Waals surface area contributed by atoms with Crippen LogP contribution in [-0.4, -0.2) is 61.0 Å². The van der Waals surface area contributed by atoms with Crippen LogP contribution in [0.15, 0.2) is 18.3 Å². The van der Waals surface area contributed by atoms with Gasteiger partial charge in [0.2, 0.25) is 5.88 Å². The summed E-state index contributed by atoms with van der Waals surface area (Å²) in [6, 6.07) is 3.54. The fourth-order valence-corrected chi connectivity index (χ4v) is 2.11. The molecule has 1 aliphatic rings. The highest BCUT2D eigenvalue weighted by molar-refractivity contribution is 5.93. The maximum Gasteiger partial charge on any atom is 0.254 e. The van der Waals surface area contributed by atoms with Crippen molar-refractivity contribution in [1.29, 1.82) is 0 Å². The molecule has 0 N–H and O–H groups in total. The summed E-state index contributed by atoms with van der Waals surface area (Å²) in [5.41, 5.74) is 0.584. The molecule has 1 aliphatic heterocycles. The molecule has 1 aromatic heterocycles. The average molecular weight is 263 g/mol. The average Bonchev–Trinajstić information content (AvgIpc) is 2.41. The van der Waals surface area contributed by atoms with Gasteiger partial charge in [-0.05, 0) is 26.0 Å². The quantitative estimate of drug-likeness (QED) is 0.823. The third-order valence-corrected chi connectivity index (χ3v) is 3.34. The Bertz CT molecular complexity index is 423. The highest BCUT2D eigenvalue weighted by atomic mass is 16.5. The van der Waals surface area contributed by atoms with E-state index in [1.54, 1.807) is 32.4 Å². The van der Waals surface area contributed by atoms with Gasteiger partial charge in [-0.15, -0.1) is 0 Å². The van der Waals surface area contributed by atoms with Crippen molar-refractivity contribution in [2.75, 3.05) is 34.2 Å². The Morgan fingerprint density at radius 2 is 2.05 bits per heavy atom. The molecule has 1 aromatic rings. The minimum Gasteiger partial charge on any atom is -0.474 e. The molecule has 0 saturated carbocycles. The van der Waals surface area contributed by atoms with Gasteiger partial charge in [0, 0.05) is 39.4 Å². The molecule has 1 saturated heterocycles. The number of pyridine rings is 1. The summed E-state index contributed by atoms with van der Waals surface area (Å²) in [7, 11) is 5.58. The minimum atomic E-state index is -0.0432. The highest BCUT2D eigenvalue weighted by Crippen LogP contribution is 2.16. The first-order valence-corrected chi connectivity index (χ1v) is 6.59. The molecule has 2 rings (SSSR count). The predicted octanol–water partition coefficient (Wildman–Crippen LogP) is 1.26. The monoisotopic (exact) mass is 263 g/mol. The lowest BCUT2D eigenvalue weighted by molar-refractivity contribution is 0.0826. The molecule has 0 spiro atoms. The molecule has 19 heavy (non-hydrogen) atoms. The minimum absolute atomic E-state index is 0.0432. The largest absolute Gasteiger partial charge is 0.474 e. The number of nitrogens with zero attached hydrogens (tertiary/aromatic N) is 3. The zero-order valence-electron chi connectivity index (χ0n) is 11.8. The molecule has 0 aliphatic carbocycles. The second-order valence-electron chi connectivity index (χ2n) is 5.21. The van der Waals surface area contributed by atoms with Crippen LogP contribution in [0.25, 0.3) is 0 Å². The van der Waals surface area contributed by atoms with E-state index in [4.69, 9.17) is 4.74 Å². The number of carbonyl (C=O) groups is 1. The van der Waals surface area contributed by atoms with Crippen LogP contribution in [0.2, 0.25) is 0 Å². The van der Waals surface area contributed by atoms with E-state index in [0.29, 0.717) is 11.4 Å². The first kappa shape index (κ1) is 13.8. The number of piperidine rings is 1. The van der Waals surface area contributed by atoms with E-state index in [1.807, 2.05) is 0 Å². The Labute approximate surface area is 114 Å². The molecule has 104 valence electrons. The summed E-state index contributed by atoms with van der Waals surface area (Å²) >= 11 is 0. The van der Waals surface area contributed by atoms with Gasteiger partial charge in [-0.2, -0.15) is 0 Å². The van der Waals surface area contributed by atoms with Crippen molar-refractivity contribution < 1.29 is 9.53 Å². The normalized spacial score (nSPS) is 17.2. The molecule has 0 radical (unpaired) electrons. The molecule has 5 heteroatoms. The van der Waals surface area contributed by atoms with Crippen LogP contribution >= 0.6 is 0 Å². The van der Waals surface area contributed by atoms with Gasteiger partial charge >= 0.3 is 0 Å². The molecule has 0 atom stereocenters. The molecule has 1 fully saturated rings. The number of amides is 1. The molecular formula is C14H21N3O2. The third kappa shape index (κ3) is 3.67. The van der Waals surface area contributed by atoms with Crippen LogP contribution in [0.1, 0.15) is 23.2 Å². The molecule has 0 bridgehead atoms. The number of likely N-dealkylation sites (tertiary alicyclic amines) is 1. The van der Waals surface area contributed by atoms with Crippen molar-refractivity contribution in [3.63, 3.8) is 0 Å². The second kappa shape index (κ2) is 6.02. The SMILES string of the molecule is CN1CCC(Oc2ccc(C(=O)N(C)C)cn2)CC1. The van der Waals surface area contributed by atoms with E-state index in [-0.39, 0.29) is 12.0 Å². The second-order valence-corrected chi connectivity index (χ2v) is 5.21. The number of carbonyl (C=O) groups excluding carboxylic acids is 1. The molecule has 5 nitrogen and oxygen atoms in total. The Morgan fingerprint density at radius 3 is 2.58 bits per heavy atom. The summed E-state index contributed by atoms with van der Waals surface area (Å²) in [6.45, 7) is 2.11.